The summed E-state index contributed by atoms with van der Waals surface area (Å²) in [4.78, 5) is 0. The van der Waals surface area contributed by atoms with E-state index in [2.05, 4.69) is 38.3 Å². The van der Waals surface area contributed by atoms with Gasteiger partial charge in [0.1, 0.15) is 13.1 Å². The summed E-state index contributed by atoms with van der Waals surface area (Å²) in [6, 6.07) is 1.55. The molecule has 0 fully saturated rings. The zero-order valence-electron chi connectivity index (χ0n) is 8.43. The summed E-state index contributed by atoms with van der Waals surface area (Å²) >= 11 is 0. The maximum absolute atomic E-state index is 2.43. The molecule has 1 atom stereocenters. The van der Waals surface area contributed by atoms with E-state index < -0.39 is 0 Å². The summed E-state index contributed by atoms with van der Waals surface area (Å²) in [5.41, 5.74) is 0. The molecule has 0 radical (unpaired) electrons. The van der Waals surface area contributed by atoms with E-state index in [1.54, 1.807) is 0 Å². The lowest BCUT2D eigenvalue weighted by atomic mass is 10.2. The number of hydrogen-bond donors (Lipinski definition) is 2. The fourth-order valence-electron chi connectivity index (χ4n) is 0.977. The first-order chi connectivity index (χ1) is 5.16. The summed E-state index contributed by atoms with van der Waals surface area (Å²) in [6.07, 6.45) is 1.28. The van der Waals surface area contributed by atoms with E-state index in [-0.39, 0.29) is 0 Å². The van der Waals surface area contributed by atoms with Gasteiger partial charge in [-0.25, -0.2) is 0 Å². The van der Waals surface area contributed by atoms with Gasteiger partial charge in [0.25, 0.3) is 0 Å². The molecule has 0 spiro atoms. The van der Waals surface area contributed by atoms with Crippen molar-refractivity contribution in [2.24, 2.45) is 0 Å². The van der Waals surface area contributed by atoms with Crippen LogP contribution in [0.2, 0.25) is 0 Å². The molecule has 0 amide bonds. The van der Waals surface area contributed by atoms with Crippen LogP contribution in [0.1, 0.15) is 34.1 Å². The van der Waals surface area contributed by atoms with Gasteiger partial charge >= 0.3 is 0 Å². The van der Waals surface area contributed by atoms with Crippen molar-refractivity contribution >= 4 is 0 Å². The second-order valence-electron chi connectivity index (χ2n) is 3.68. The minimum atomic E-state index is 0.750. The van der Waals surface area contributed by atoms with Crippen molar-refractivity contribution in [3.8, 4) is 0 Å². The third kappa shape index (κ3) is 7.82. The normalized spacial score (nSPS) is 13.9. The van der Waals surface area contributed by atoms with Crippen LogP contribution in [0, 0.1) is 0 Å². The smallest absolute Gasteiger partial charge is 0.125 e. The van der Waals surface area contributed by atoms with Crippen LogP contribution in [0.25, 0.3) is 0 Å². The highest BCUT2D eigenvalue weighted by Crippen LogP contribution is 1.76. The van der Waals surface area contributed by atoms with Crippen LogP contribution in [0.4, 0.5) is 0 Å². The first-order valence-electron chi connectivity index (χ1n) is 4.83. The quantitative estimate of drug-likeness (QED) is 0.483. The van der Waals surface area contributed by atoms with Crippen molar-refractivity contribution in [3.05, 3.63) is 0 Å². The molecule has 0 aliphatic rings. The molecule has 4 N–H and O–H groups in total. The second kappa shape index (κ2) is 6.62. The van der Waals surface area contributed by atoms with Crippen LogP contribution < -0.4 is 10.6 Å². The molecule has 0 rings (SSSR count). The summed E-state index contributed by atoms with van der Waals surface area (Å²) in [5, 5.41) is 4.82. The molecule has 2 heteroatoms. The molecular formula is C9H24N2+2. The molecule has 0 unspecified atom stereocenters. The molecule has 0 aromatic heterocycles. The van der Waals surface area contributed by atoms with Gasteiger partial charge in [0.15, 0.2) is 0 Å². The zero-order valence-corrected chi connectivity index (χ0v) is 8.43. The Morgan fingerprint density at radius 2 is 1.55 bits per heavy atom. The first kappa shape index (κ1) is 10.9. The van der Waals surface area contributed by atoms with Gasteiger partial charge in [-0.15, -0.1) is 0 Å². The van der Waals surface area contributed by atoms with E-state index in [0.29, 0.717) is 0 Å². The van der Waals surface area contributed by atoms with Crippen LogP contribution in [-0.4, -0.2) is 25.2 Å². The van der Waals surface area contributed by atoms with Crippen LogP contribution in [0.5, 0.6) is 0 Å². The standard InChI is InChI=1S/C9H22N2/c1-5-9(4)11-7-6-10-8(2)3/h8-11H,5-7H2,1-4H3/p+2/t9-/m1/s1. The fourth-order valence-corrected chi connectivity index (χ4v) is 0.977. The van der Waals surface area contributed by atoms with Crippen LogP contribution in [0.3, 0.4) is 0 Å². The highest BCUT2D eigenvalue weighted by Gasteiger charge is 2.01. The summed E-state index contributed by atoms with van der Waals surface area (Å²) in [5.74, 6) is 0. The Hall–Kier alpha value is -0.0800. The lowest BCUT2D eigenvalue weighted by Crippen LogP contribution is -2.98. The Morgan fingerprint density at radius 1 is 1.00 bits per heavy atom. The minimum absolute atomic E-state index is 0.750. The molecule has 0 aliphatic carbocycles. The highest BCUT2D eigenvalue weighted by atomic mass is 15.0. The predicted octanol–water partition coefficient (Wildman–Crippen LogP) is -0.680. The summed E-state index contributed by atoms with van der Waals surface area (Å²) in [7, 11) is 0. The Balaban J connectivity index is 3.01. The van der Waals surface area contributed by atoms with E-state index in [1.807, 2.05) is 0 Å². The molecule has 2 nitrogen and oxygen atoms in total. The van der Waals surface area contributed by atoms with Crippen molar-refractivity contribution in [2.45, 2.75) is 46.2 Å². The molecule has 0 aliphatic heterocycles. The van der Waals surface area contributed by atoms with Crippen LogP contribution in [-0.2, 0) is 0 Å². The third-order valence-corrected chi connectivity index (χ3v) is 2.02. The monoisotopic (exact) mass is 160 g/mol. The second-order valence-corrected chi connectivity index (χ2v) is 3.68. The van der Waals surface area contributed by atoms with Gasteiger partial charge in [-0.05, 0) is 27.2 Å². The van der Waals surface area contributed by atoms with Crippen molar-refractivity contribution in [1.82, 2.24) is 0 Å². The molecule has 68 valence electrons. The molecule has 11 heavy (non-hydrogen) atoms. The molecule has 0 saturated heterocycles. The van der Waals surface area contributed by atoms with E-state index in [1.165, 1.54) is 19.5 Å². The Kier molecular flexibility index (Phi) is 6.57. The lowest BCUT2D eigenvalue weighted by Gasteiger charge is -2.08. The molecular weight excluding hydrogens is 136 g/mol. The largest absolute Gasteiger partial charge is 0.340 e. The van der Waals surface area contributed by atoms with Crippen molar-refractivity contribution in [1.29, 1.82) is 0 Å². The van der Waals surface area contributed by atoms with Gasteiger partial charge in [0.05, 0.1) is 12.1 Å². The maximum Gasteiger partial charge on any atom is 0.125 e. The Labute approximate surface area is 70.8 Å². The van der Waals surface area contributed by atoms with E-state index in [9.17, 15) is 0 Å². The summed E-state index contributed by atoms with van der Waals surface area (Å²) < 4.78 is 0. The number of rotatable bonds is 6. The van der Waals surface area contributed by atoms with Gasteiger partial charge in [-0.1, -0.05) is 6.92 Å². The molecule has 0 aromatic rings. The third-order valence-electron chi connectivity index (χ3n) is 2.02. The molecule has 0 heterocycles. The van der Waals surface area contributed by atoms with E-state index >= 15 is 0 Å². The van der Waals surface area contributed by atoms with Gasteiger partial charge in [0, 0.05) is 0 Å². The molecule has 0 aromatic carbocycles. The number of hydrogen-bond acceptors (Lipinski definition) is 0. The average molecular weight is 160 g/mol. The molecule has 0 saturated carbocycles. The topological polar surface area (TPSA) is 33.2 Å². The highest BCUT2D eigenvalue weighted by molar-refractivity contribution is 4.36. The lowest BCUT2D eigenvalue weighted by molar-refractivity contribution is -0.750. The fraction of sp³-hybridized carbons (Fsp3) is 1.00. The Bertz CT molecular complexity index is 81.6. The maximum atomic E-state index is 2.43. The predicted molar refractivity (Wildman–Crippen MR) is 48.5 cm³/mol. The van der Waals surface area contributed by atoms with Crippen molar-refractivity contribution in [3.63, 3.8) is 0 Å². The first-order valence-corrected chi connectivity index (χ1v) is 4.83. The van der Waals surface area contributed by atoms with Crippen molar-refractivity contribution < 1.29 is 10.6 Å². The average Bonchev–Trinajstić information content (AvgIpc) is 1.97. The van der Waals surface area contributed by atoms with E-state index in [0.717, 1.165) is 12.1 Å². The number of nitrogens with two attached hydrogens (primary N) is 2. The van der Waals surface area contributed by atoms with Crippen LogP contribution >= 0.6 is 0 Å². The van der Waals surface area contributed by atoms with Gasteiger partial charge in [-0.3, -0.25) is 0 Å². The number of quaternary nitrogens is 2. The van der Waals surface area contributed by atoms with E-state index in [4.69, 9.17) is 0 Å². The summed E-state index contributed by atoms with van der Waals surface area (Å²) in [6.45, 7) is 11.5. The molecule has 0 bridgehead atoms. The van der Waals surface area contributed by atoms with Gasteiger partial charge in [-0.2, -0.15) is 0 Å². The van der Waals surface area contributed by atoms with Crippen LogP contribution in [0.15, 0.2) is 0 Å². The van der Waals surface area contributed by atoms with Gasteiger partial charge < -0.3 is 10.6 Å². The SMILES string of the molecule is CC[C@@H](C)[NH2+]CC[NH2+]C(C)C. The van der Waals surface area contributed by atoms with Crippen molar-refractivity contribution in [2.75, 3.05) is 13.1 Å². The minimum Gasteiger partial charge on any atom is -0.340 e. The van der Waals surface area contributed by atoms with Gasteiger partial charge in [0.2, 0.25) is 0 Å². The Morgan fingerprint density at radius 3 is 2.00 bits per heavy atom. The zero-order chi connectivity index (χ0) is 8.69.